The van der Waals surface area contributed by atoms with E-state index in [1.165, 1.54) is 13.0 Å². The van der Waals surface area contributed by atoms with Crippen LogP contribution in [-0.4, -0.2) is 166 Å². The Morgan fingerprint density at radius 2 is 1.23 bits per heavy atom. The summed E-state index contributed by atoms with van der Waals surface area (Å²) in [5.41, 5.74) is 6.02. The fourth-order valence-electron chi connectivity index (χ4n) is 7.97. The highest BCUT2D eigenvalue weighted by molar-refractivity contribution is 5.71. The molecule has 2 saturated heterocycles. The minimum absolute atomic E-state index is 0.107. The average Bonchev–Trinajstić information content (AvgIpc) is 3.21. The second kappa shape index (κ2) is 27.4. The number of esters is 1. The van der Waals surface area contributed by atoms with Gasteiger partial charge in [0.1, 0.15) is 18.1 Å². The molecule has 3 rings (SSSR count). The summed E-state index contributed by atoms with van der Waals surface area (Å²) in [6, 6.07) is -1.15. The molecule has 5 unspecified atom stereocenters. The summed E-state index contributed by atoms with van der Waals surface area (Å²) in [4.78, 5) is 25.1. The number of allylic oxidation sites excluding steroid dienone is 12. The van der Waals surface area contributed by atoms with Crippen molar-refractivity contribution in [2.75, 3.05) is 0 Å². The van der Waals surface area contributed by atoms with Gasteiger partial charge in [0.2, 0.25) is 0 Å². The number of fused-ring (bicyclic) bond motifs is 2. The molecule has 0 radical (unpaired) electrons. The fraction of sp³-hybridized carbons (Fsp3) is 0.660. The third-order valence-electron chi connectivity index (χ3n) is 12.0. The number of carboxylic acids is 1. The predicted molar refractivity (Wildman–Crippen MR) is 237 cm³/mol. The first-order valence-electron chi connectivity index (χ1n) is 22.3. The van der Waals surface area contributed by atoms with E-state index in [0.717, 1.165) is 0 Å². The maximum atomic E-state index is 12.6. The van der Waals surface area contributed by atoms with Crippen LogP contribution in [0.5, 0.6) is 0 Å². The van der Waals surface area contributed by atoms with Crippen LogP contribution in [0, 0.1) is 17.8 Å². The number of carboxylic acid groups (broad SMARTS) is 1. The highest BCUT2D eigenvalue weighted by atomic mass is 16.7. The zero-order chi connectivity index (χ0) is 48.4. The molecule has 0 aliphatic carbocycles. The van der Waals surface area contributed by atoms with Gasteiger partial charge in [0.15, 0.2) is 12.1 Å². The van der Waals surface area contributed by atoms with E-state index in [1.54, 1.807) is 80.7 Å². The molecule has 3 aliphatic rings. The monoisotopic (exact) mass is 923 g/mol. The predicted octanol–water partition coefficient (Wildman–Crippen LogP) is 0.712. The molecule has 0 aromatic heterocycles. The Morgan fingerprint density at radius 3 is 1.82 bits per heavy atom. The number of nitrogens with two attached hydrogens (primary N) is 1. The van der Waals surface area contributed by atoms with Crippen LogP contribution in [0.1, 0.15) is 79.1 Å². The van der Waals surface area contributed by atoms with Gasteiger partial charge in [0.25, 0.3) is 0 Å². The molecule has 2 fully saturated rings. The van der Waals surface area contributed by atoms with Gasteiger partial charge < -0.3 is 80.9 Å². The first-order chi connectivity index (χ1) is 30.6. The Hall–Kier alpha value is -3.44. The molecule has 19 atom stereocenters. The molecular weight excluding hydrogens is 851 g/mol. The maximum Gasteiger partial charge on any atom is 0.311 e. The highest BCUT2D eigenvalue weighted by Crippen LogP contribution is 2.38. The molecule has 3 aliphatic heterocycles. The molecule has 65 heavy (non-hydrogen) atoms. The smallest absolute Gasteiger partial charge is 0.311 e. The number of ether oxygens (including phenoxy) is 4. The molecule has 0 saturated carbocycles. The number of carbonyl (C=O) groups excluding carboxylic acids is 1. The second-order valence-corrected chi connectivity index (χ2v) is 17.6. The summed E-state index contributed by atoms with van der Waals surface area (Å²) in [5.74, 6) is -6.83. The van der Waals surface area contributed by atoms with Crippen molar-refractivity contribution in [2.45, 2.75) is 177 Å². The molecule has 368 valence electrons. The maximum absolute atomic E-state index is 12.6. The average molecular weight is 924 g/mol. The molecule has 0 aromatic rings. The highest BCUT2D eigenvalue weighted by Gasteiger charge is 2.51. The Balaban J connectivity index is 1.86. The summed E-state index contributed by atoms with van der Waals surface area (Å²) in [5, 5.41) is 118. The minimum Gasteiger partial charge on any atom is -0.481 e. The van der Waals surface area contributed by atoms with Gasteiger partial charge in [-0.05, 0) is 33.1 Å². The zero-order valence-corrected chi connectivity index (χ0v) is 37.6. The normalized spacial score (nSPS) is 45.5. The van der Waals surface area contributed by atoms with Gasteiger partial charge >= 0.3 is 11.9 Å². The van der Waals surface area contributed by atoms with Crippen LogP contribution < -0.4 is 5.73 Å². The lowest BCUT2D eigenvalue weighted by Gasteiger charge is -2.45. The number of cyclic esters (lactones) is 1. The van der Waals surface area contributed by atoms with Gasteiger partial charge in [-0.15, -0.1) is 0 Å². The van der Waals surface area contributed by atoms with E-state index in [4.69, 9.17) is 24.7 Å². The summed E-state index contributed by atoms with van der Waals surface area (Å²) < 4.78 is 23.1. The van der Waals surface area contributed by atoms with Crippen LogP contribution in [0.2, 0.25) is 0 Å². The third kappa shape index (κ3) is 18.6. The van der Waals surface area contributed by atoms with Crippen LogP contribution in [-0.2, 0) is 28.5 Å². The van der Waals surface area contributed by atoms with Crippen molar-refractivity contribution in [3.05, 3.63) is 85.1 Å². The van der Waals surface area contributed by atoms with E-state index >= 15 is 0 Å². The Labute approximate surface area is 381 Å². The van der Waals surface area contributed by atoms with Gasteiger partial charge in [-0.3, -0.25) is 9.59 Å². The summed E-state index contributed by atoms with van der Waals surface area (Å²) >= 11 is 0. The van der Waals surface area contributed by atoms with Gasteiger partial charge in [0, 0.05) is 37.5 Å². The van der Waals surface area contributed by atoms with Gasteiger partial charge in [0.05, 0.1) is 79.6 Å². The summed E-state index contributed by atoms with van der Waals surface area (Å²) in [6.45, 7) is 6.74. The number of aliphatic hydroxyl groups is 10. The van der Waals surface area contributed by atoms with Gasteiger partial charge in [-0.2, -0.15) is 0 Å². The summed E-state index contributed by atoms with van der Waals surface area (Å²) in [7, 11) is 0. The molecular formula is C47H73NO17. The molecule has 18 nitrogen and oxygen atoms in total. The number of hydrogen-bond donors (Lipinski definition) is 12. The minimum atomic E-state index is -2.33. The lowest BCUT2D eigenvalue weighted by Crippen LogP contribution is -2.61. The van der Waals surface area contributed by atoms with Crippen molar-refractivity contribution in [1.29, 1.82) is 0 Å². The van der Waals surface area contributed by atoms with E-state index in [1.807, 2.05) is 19.1 Å². The van der Waals surface area contributed by atoms with Crippen LogP contribution in [0.25, 0.3) is 0 Å². The van der Waals surface area contributed by atoms with Crippen molar-refractivity contribution in [2.24, 2.45) is 23.5 Å². The first kappa shape index (κ1) is 55.9. The number of carbonyl (C=O) groups is 2. The standard InChI is InChI=1S/C47H73NO17/c1-27-17-15-13-11-9-7-5-6-8-10-12-14-16-18-34(64-46-44(58)41(48)43(57)30(4)63-46)24-38-40(45(59)60)37(54)26-47(61,65-38)25-33(51)22-36(53)35(52)20-19-31(49)21-32(50)23-39(55)62-29(3)28(2)42(27)56/h5-18,27-38,40-44,46,49-54,56-58,61H,19-26,48H2,1-4H3,(H,59,60)/b6-5-,9-7-,10-8-,13-11-,14-12-,17-15-,18-16-/t27-,28-,29-,30?,31+,32+,33-,34-,35+,36+,37-,38-,40+,41?,42+,43?,44?,46?,47+/m0/s1. The number of aliphatic hydroxyl groups excluding tert-OH is 9. The van der Waals surface area contributed by atoms with E-state index in [9.17, 15) is 65.8 Å². The fourth-order valence-corrected chi connectivity index (χ4v) is 7.97. The number of aliphatic carboxylic acids is 1. The topological polar surface area (TPSA) is 320 Å². The molecule has 18 heteroatoms. The molecule has 3 heterocycles. The van der Waals surface area contributed by atoms with Crippen molar-refractivity contribution in [3.8, 4) is 0 Å². The van der Waals surface area contributed by atoms with Crippen molar-refractivity contribution in [3.63, 3.8) is 0 Å². The lowest BCUT2D eigenvalue weighted by molar-refractivity contribution is -0.308. The van der Waals surface area contributed by atoms with E-state index in [0.29, 0.717) is 0 Å². The van der Waals surface area contributed by atoms with Crippen molar-refractivity contribution >= 4 is 11.9 Å². The lowest BCUT2D eigenvalue weighted by atomic mass is 9.82. The molecule has 0 spiro atoms. The largest absolute Gasteiger partial charge is 0.481 e. The van der Waals surface area contributed by atoms with Crippen LogP contribution in [0.15, 0.2) is 85.1 Å². The van der Waals surface area contributed by atoms with Crippen LogP contribution >= 0.6 is 0 Å². The van der Waals surface area contributed by atoms with Gasteiger partial charge in [-0.25, -0.2) is 0 Å². The Bertz CT molecular complexity index is 1670. The quantitative estimate of drug-likeness (QED) is 0.174. The van der Waals surface area contributed by atoms with Crippen LogP contribution in [0.3, 0.4) is 0 Å². The van der Waals surface area contributed by atoms with Crippen LogP contribution in [0.4, 0.5) is 0 Å². The van der Waals surface area contributed by atoms with E-state index in [2.05, 4.69) is 0 Å². The van der Waals surface area contributed by atoms with Gasteiger partial charge in [-0.1, -0.05) is 98.9 Å². The first-order valence-corrected chi connectivity index (χ1v) is 22.3. The molecule has 13 N–H and O–H groups in total. The molecule has 0 aromatic carbocycles. The molecule has 0 amide bonds. The third-order valence-corrected chi connectivity index (χ3v) is 12.0. The van der Waals surface area contributed by atoms with E-state index < -0.39 is 147 Å². The van der Waals surface area contributed by atoms with E-state index in [-0.39, 0.29) is 31.6 Å². The second-order valence-electron chi connectivity index (χ2n) is 17.6. The number of hydrogen-bond acceptors (Lipinski definition) is 17. The SMILES string of the molecule is CC1OC(O[C@H]2\C=C/C=C\C=C/C=C\C=C/C=C\C=C/[C@H](C)[C@@H](O)[C@@H](C)[C@H](C)OC(=O)C[C@H](O)C[C@H](O)CC[C@@H](O)[C@H](O)C[C@H](O)C[C@]3(O)C[C@H](O)[C@@H](C(=O)O)[C@H](C2)O3)C(O)C(N)C1O. The number of rotatable bonds is 3. The Morgan fingerprint density at radius 1 is 0.662 bits per heavy atom. The van der Waals surface area contributed by atoms with Crippen molar-refractivity contribution < 1.29 is 84.7 Å². The Kier molecular flexibility index (Phi) is 23.6. The van der Waals surface area contributed by atoms with Crippen molar-refractivity contribution in [1.82, 2.24) is 0 Å². The zero-order valence-electron chi connectivity index (χ0n) is 37.6. The summed E-state index contributed by atoms with van der Waals surface area (Å²) in [6.07, 6.45) is 3.46. The molecule has 2 bridgehead atoms.